The molecule has 0 heterocycles. The fourth-order valence-electron chi connectivity index (χ4n) is 1.82. The van der Waals surface area contributed by atoms with Gasteiger partial charge >= 0.3 is 0 Å². The average molecular weight is 190 g/mol. The van der Waals surface area contributed by atoms with E-state index in [4.69, 9.17) is 10.5 Å². The van der Waals surface area contributed by atoms with Gasteiger partial charge in [-0.05, 0) is 19.3 Å². The summed E-state index contributed by atoms with van der Waals surface area (Å²) >= 11 is 0. The fraction of sp³-hybridized carbons (Fsp3) is 0.636. The molecular weight excluding hydrogens is 176 g/mol. The Morgan fingerprint density at radius 3 is 2.29 bits per heavy atom. The van der Waals surface area contributed by atoms with Crippen LogP contribution in [0.5, 0.6) is 0 Å². The molecule has 1 saturated carbocycles. The maximum absolute atomic E-state index is 10.0. The summed E-state index contributed by atoms with van der Waals surface area (Å²) < 4.78 is 0. The summed E-state index contributed by atoms with van der Waals surface area (Å²) in [5.74, 6) is 0. The lowest BCUT2D eigenvalue weighted by molar-refractivity contribution is 0.00689. The van der Waals surface area contributed by atoms with Crippen LogP contribution in [-0.2, 0) is 0 Å². The van der Waals surface area contributed by atoms with Crippen molar-refractivity contribution in [2.24, 2.45) is 0 Å². The molecule has 1 aliphatic rings. The predicted octanol–water partition coefficient (Wildman–Crippen LogP) is 2.05. The zero-order chi connectivity index (χ0) is 10.4. The van der Waals surface area contributed by atoms with E-state index in [0.717, 1.165) is 25.7 Å². The van der Waals surface area contributed by atoms with E-state index >= 15 is 0 Å². The molecular formula is C11H14N2O. The molecule has 3 heteroatoms. The number of nitrogens with zero attached hydrogens (tertiary/aromatic N) is 2. The first-order chi connectivity index (χ1) is 6.70. The minimum atomic E-state index is -0.669. The average Bonchev–Trinajstić information content (AvgIpc) is 2.20. The van der Waals surface area contributed by atoms with Crippen LogP contribution in [0.2, 0.25) is 0 Å². The normalized spacial score (nSPS) is 19.1. The Labute approximate surface area is 84.3 Å². The van der Waals surface area contributed by atoms with Gasteiger partial charge in [-0.15, -0.1) is 0 Å². The monoisotopic (exact) mass is 190 g/mol. The Bertz CT molecular complexity index is 284. The fourth-order valence-corrected chi connectivity index (χ4v) is 1.82. The molecule has 1 aliphatic carbocycles. The summed E-state index contributed by atoms with van der Waals surface area (Å²) in [6.45, 7) is 0. The Hall–Kier alpha value is -1.32. The van der Waals surface area contributed by atoms with Crippen molar-refractivity contribution in [1.29, 1.82) is 10.5 Å². The summed E-state index contributed by atoms with van der Waals surface area (Å²) in [5, 5.41) is 27.1. The smallest absolute Gasteiger partial charge is 0.125 e. The van der Waals surface area contributed by atoms with E-state index in [1.54, 1.807) is 18.2 Å². The van der Waals surface area contributed by atoms with Gasteiger partial charge in [0, 0.05) is 0 Å². The van der Waals surface area contributed by atoms with Gasteiger partial charge in [-0.2, -0.15) is 10.5 Å². The summed E-state index contributed by atoms with van der Waals surface area (Å²) in [4.78, 5) is 0. The first-order valence-electron chi connectivity index (χ1n) is 4.93. The summed E-state index contributed by atoms with van der Waals surface area (Å²) in [6, 6.07) is 3.59. The second-order valence-electron chi connectivity index (χ2n) is 3.83. The van der Waals surface area contributed by atoms with Crippen molar-refractivity contribution in [2.75, 3.05) is 0 Å². The lowest BCUT2D eigenvalue weighted by atomic mass is 9.82. The zero-order valence-electron chi connectivity index (χ0n) is 8.16. The molecule has 0 aliphatic heterocycles. The van der Waals surface area contributed by atoms with Crippen LogP contribution >= 0.6 is 0 Å². The Balaban J connectivity index is 2.55. The molecule has 1 fully saturated rings. The van der Waals surface area contributed by atoms with Crippen LogP contribution in [0.25, 0.3) is 0 Å². The molecule has 0 spiro atoms. The topological polar surface area (TPSA) is 67.8 Å². The highest BCUT2D eigenvalue weighted by atomic mass is 16.3. The van der Waals surface area contributed by atoms with Gasteiger partial charge in [0.2, 0.25) is 0 Å². The van der Waals surface area contributed by atoms with Gasteiger partial charge in [-0.3, -0.25) is 0 Å². The van der Waals surface area contributed by atoms with Crippen LogP contribution < -0.4 is 0 Å². The van der Waals surface area contributed by atoms with Crippen LogP contribution in [0.3, 0.4) is 0 Å². The van der Waals surface area contributed by atoms with Gasteiger partial charge in [0.05, 0.1) is 5.60 Å². The third-order valence-electron chi connectivity index (χ3n) is 2.71. The molecule has 14 heavy (non-hydrogen) atoms. The lowest BCUT2D eigenvalue weighted by Gasteiger charge is -2.30. The first kappa shape index (κ1) is 10.8. The van der Waals surface area contributed by atoms with E-state index in [1.165, 1.54) is 6.42 Å². The number of nitriles is 2. The Morgan fingerprint density at radius 2 is 1.79 bits per heavy atom. The highest BCUT2D eigenvalue weighted by molar-refractivity contribution is 5.35. The van der Waals surface area contributed by atoms with Gasteiger partial charge in [0.1, 0.15) is 17.7 Å². The molecule has 1 N–H and O–H groups in total. The van der Waals surface area contributed by atoms with Crippen LogP contribution in [0.15, 0.2) is 11.6 Å². The second-order valence-corrected chi connectivity index (χ2v) is 3.83. The summed E-state index contributed by atoms with van der Waals surface area (Å²) in [7, 11) is 0. The minimum absolute atomic E-state index is 0.101. The summed E-state index contributed by atoms with van der Waals surface area (Å²) in [6.07, 6.45) is 6.81. The quantitative estimate of drug-likeness (QED) is 0.677. The summed E-state index contributed by atoms with van der Waals surface area (Å²) in [5.41, 5.74) is -0.569. The predicted molar refractivity (Wildman–Crippen MR) is 52.0 cm³/mol. The zero-order valence-corrected chi connectivity index (χ0v) is 8.16. The minimum Gasteiger partial charge on any atom is -0.390 e. The van der Waals surface area contributed by atoms with Gasteiger partial charge in [0.25, 0.3) is 0 Å². The van der Waals surface area contributed by atoms with Gasteiger partial charge in [-0.25, -0.2) is 0 Å². The van der Waals surface area contributed by atoms with Crippen molar-refractivity contribution in [3.63, 3.8) is 0 Å². The van der Waals surface area contributed by atoms with Crippen LogP contribution in [0, 0.1) is 22.7 Å². The van der Waals surface area contributed by atoms with Gasteiger partial charge in [0.15, 0.2) is 0 Å². The Morgan fingerprint density at radius 1 is 1.21 bits per heavy atom. The van der Waals surface area contributed by atoms with Crippen molar-refractivity contribution in [3.8, 4) is 12.1 Å². The van der Waals surface area contributed by atoms with Crippen molar-refractivity contribution < 1.29 is 5.11 Å². The highest BCUT2D eigenvalue weighted by Gasteiger charge is 2.27. The SMILES string of the molecule is N#CC(C#N)=CCC1(O)CCCCC1. The first-order valence-corrected chi connectivity index (χ1v) is 4.93. The lowest BCUT2D eigenvalue weighted by Crippen LogP contribution is -2.30. The molecule has 0 bridgehead atoms. The number of hydrogen-bond acceptors (Lipinski definition) is 3. The maximum Gasteiger partial charge on any atom is 0.125 e. The van der Waals surface area contributed by atoms with Gasteiger partial charge in [-0.1, -0.05) is 25.3 Å². The maximum atomic E-state index is 10.0. The largest absolute Gasteiger partial charge is 0.390 e. The van der Waals surface area contributed by atoms with E-state index < -0.39 is 5.60 Å². The van der Waals surface area contributed by atoms with Crippen LogP contribution in [-0.4, -0.2) is 10.7 Å². The molecule has 0 aromatic carbocycles. The van der Waals surface area contributed by atoms with Crippen molar-refractivity contribution >= 4 is 0 Å². The third kappa shape index (κ3) is 2.87. The molecule has 0 unspecified atom stereocenters. The molecule has 0 radical (unpaired) electrons. The van der Waals surface area contributed by atoms with E-state index in [9.17, 15) is 5.11 Å². The molecule has 0 saturated heterocycles. The molecule has 0 aromatic heterocycles. The second kappa shape index (κ2) is 4.79. The molecule has 0 atom stereocenters. The van der Waals surface area contributed by atoms with Crippen LogP contribution in [0.1, 0.15) is 38.5 Å². The number of rotatable bonds is 2. The van der Waals surface area contributed by atoms with Crippen molar-refractivity contribution in [1.82, 2.24) is 0 Å². The molecule has 0 aromatic rings. The molecule has 3 nitrogen and oxygen atoms in total. The highest BCUT2D eigenvalue weighted by Crippen LogP contribution is 2.31. The van der Waals surface area contributed by atoms with E-state index in [0.29, 0.717) is 6.42 Å². The number of aliphatic hydroxyl groups is 1. The Kier molecular flexibility index (Phi) is 3.68. The third-order valence-corrected chi connectivity index (χ3v) is 2.71. The van der Waals surface area contributed by atoms with Crippen molar-refractivity contribution in [2.45, 2.75) is 44.1 Å². The number of allylic oxidation sites excluding steroid dienone is 1. The van der Waals surface area contributed by atoms with E-state index in [-0.39, 0.29) is 5.57 Å². The molecule has 0 amide bonds. The van der Waals surface area contributed by atoms with E-state index in [2.05, 4.69) is 0 Å². The molecule has 1 rings (SSSR count). The number of hydrogen-bond donors (Lipinski definition) is 1. The van der Waals surface area contributed by atoms with E-state index in [1.807, 2.05) is 0 Å². The van der Waals surface area contributed by atoms with Crippen LogP contribution in [0.4, 0.5) is 0 Å². The molecule has 74 valence electrons. The van der Waals surface area contributed by atoms with Crippen molar-refractivity contribution in [3.05, 3.63) is 11.6 Å². The van der Waals surface area contributed by atoms with Gasteiger partial charge < -0.3 is 5.11 Å². The standard InChI is InChI=1S/C11H14N2O/c12-8-10(9-13)4-7-11(14)5-2-1-3-6-11/h4,14H,1-3,5-7H2.